The van der Waals surface area contributed by atoms with E-state index in [4.69, 9.17) is 33.8 Å². The Bertz CT molecular complexity index is 4340. The Balaban J connectivity index is 1.32. The molecule has 3 aliphatic heterocycles. The maximum Gasteiger partial charge on any atom is 0.245 e. The minimum atomic E-state index is -1.82. The van der Waals surface area contributed by atoms with E-state index in [2.05, 4.69) is 89.4 Å². The van der Waals surface area contributed by atoms with Crippen molar-refractivity contribution in [2.75, 3.05) is 52.5 Å². The van der Waals surface area contributed by atoms with Gasteiger partial charge in [0.15, 0.2) is 11.9 Å². The van der Waals surface area contributed by atoms with E-state index >= 15 is 38.4 Å². The van der Waals surface area contributed by atoms with E-state index in [0.29, 0.717) is 41.3 Å². The molecule has 42 heteroatoms. The smallest absolute Gasteiger partial charge is 0.245 e. The Morgan fingerprint density at radius 2 is 0.865 bits per heavy atom. The number of imidazole rings is 1. The molecule has 126 heavy (non-hydrogen) atoms. The average molecular weight is 1760 g/mol. The largest absolute Gasteiger partial charge is 0.508 e. The predicted molar refractivity (Wildman–Crippen MR) is 465 cm³/mol. The molecule has 16 unspecified atom stereocenters. The summed E-state index contributed by atoms with van der Waals surface area (Å²) >= 11 is 0. The van der Waals surface area contributed by atoms with Crippen molar-refractivity contribution in [2.45, 2.75) is 255 Å². The summed E-state index contributed by atoms with van der Waals surface area (Å²) < 4.78 is 0. The number of hydrogen-bond donors (Lipinski definition) is 25. The highest BCUT2D eigenvalue weighted by molar-refractivity contribution is 6.02. The molecule has 0 bridgehead atoms. The maximum absolute atomic E-state index is 15.5. The van der Waals surface area contributed by atoms with Gasteiger partial charge in [0.05, 0.1) is 25.2 Å². The van der Waals surface area contributed by atoms with E-state index in [-0.39, 0.29) is 172 Å². The van der Waals surface area contributed by atoms with Gasteiger partial charge < -0.3 is 132 Å². The summed E-state index contributed by atoms with van der Waals surface area (Å²) in [5.41, 5.74) is 25.0. The number of hydrogen-bond acceptors (Lipinski definition) is 22. The van der Waals surface area contributed by atoms with Gasteiger partial charge >= 0.3 is 0 Å². The molecule has 29 N–H and O–H groups in total. The zero-order valence-electron chi connectivity index (χ0n) is 72.7. The van der Waals surface area contributed by atoms with Crippen molar-refractivity contribution < 1.29 is 82.4 Å². The van der Waals surface area contributed by atoms with Crippen LogP contribution in [0.5, 0.6) is 5.75 Å². The molecule has 5 heterocycles. The number of carbonyl (C=O) groups is 14. The van der Waals surface area contributed by atoms with Crippen LogP contribution in [0.2, 0.25) is 0 Å². The number of unbranched alkanes of at least 4 members (excludes halogenated alkanes) is 2. The molecule has 14 amide bonds. The summed E-state index contributed by atoms with van der Waals surface area (Å²) in [4.78, 5) is 223. The van der Waals surface area contributed by atoms with Crippen LogP contribution in [-0.2, 0) is 86.4 Å². The molecule has 0 radical (unpaired) electrons. The Morgan fingerprint density at radius 1 is 0.468 bits per heavy atom. The lowest BCUT2D eigenvalue weighted by atomic mass is 9.95. The summed E-state index contributed by atoms with van der Waals surface area (Å²) in [5.74, 6) is -15.4. The number of rotatable bonds is 30. The number of amides is 14. The summed E-state index contributed by atoms with van der Waals surface area (Å²) in [6.07, 6.45) is 5.62. The van der Waals surface area contributed by atoms with Gasteiger partial charge in [0.1, 0.15) is 90.3 Å². The Kier molecular flexibility index (Phi) is 40.7. The second-order valence-electron chi connectivity index (χ2n) is 33.0. The first-order valence-corrected chi connectivity index (χ1v) is 43.6. The SMILES string of the molecule is CCC(C)C1NC(=O)C(Cc2ccc(O)cc2)NC(=O)C(CCCCN)NC(=O)C(CO)NC(=O)C(C(C)CC)NC(=O)C(Cc2c[nH]cn2)NC(=O)C(CO)NC(=O)C2CCCN2C(=O)C(CCCCN)NC(=O)C2CCCN2C(=O)C(CCCNC(=N)N)NC(=O)C(Cc2c[nH]c3ccccc23)NC(=O)C(CCCNC(=N)N)NC(=O)C(CC(C)C)NC1=O. The van der Waals surface area contributed by atoms with Crippen LogP contribution in [0, 0.1) is 28.6 Å². The number of H-pyrrole nitrogens is 2. The van der Waals surface area contributed by atoms with E-state index in [0.717, 1.165) is 0 Å². The number of phenolic OH excluding ortho intramolecular Hbond substituents is 1. The number of benzene rings is 2. The fourth-order valence-corrected chi connectivity index (χ4v) is 15.4. The van der Waals surface area contributed by atoms with E-state index in [9.17, 15) is 44.1 Å². The molecule has 42 nitrogen and oxygen atoms in total. The fraction of sp³-hybridized carbons (Fsp3) is 0.607. The lowest BCUT2D eigenvalue weighted by Gasteiger charge is -2.32. The highest BCUT2D eigenvalue weighted by Crippen LogP contribution is 2.26. The normalized spacial score (nSPS) is 25.1. The molecule has 2 aromatic heterocycles. The molecule has 3 fully saturated rings. The van der Waals surface area contributed by atoms with Crippen molar-refractivity contribution in [1.29, 1.82) is 10.8 Å². The van der Waals surface area contributed by atoms with Crippen LogP contribution in [0.25, 0.3) is 10.9 Å². The van der Waals surface area contributed by atoms with Gasteiger partial charge in [0, 0.05) is 68.7 Å². The van der Waals surface area contributed by atoms with E-state index in [1.165, 1.54) is 46.6 Å². The van der Waals surface area contributed by atoms with Gasteiger partial charge in [-0.2, -0.15) is 0 Å². The summed E-state index contributed by atoms with van der Waals surface area (Å²) in [5, 5.41) is 86.3. The van der Waals surface area contributed by atoms with Gasteiger partial charge in [0.2, 0.25) is 82.7 Å². The second kappa shape index (κ2) is 50.8. The van der Waals surface area contributed by atoms with Crippen molar-refractivity contribution in [3.63, 3.8) is 0 Å². The lowest BCUT2D eigenvalue weighted by molar-refractivity contribution is -0.145. The summed E-state index contributed by atoms with van der Waals surface area (Å²) in [7, 11) is 0. The molecule has 2 aromatic carbocycles. The quantitative estimate of drug-likeness (QED) is 0.0136. The molecule has 0 saturated carbocycles. The Hall–Kier alpha value is -12.1. The number of guanidine groups is 2. The monoisotopic (exact) mass is 1760 g/mol. The molecular weight excluding hydrogens is 1630 g/mol. The number of nitrogens with one attached hydrogen (secondary N) is 18. The van der Waals surface area contributed by atoms with Gasteiger partial charge in [-0.3, -0.25) is 77.9 Å². The second-order valence-corrected chi connectivity index (χ2v) is 33.0. The minimum Gasteiger partial charge on any atom is -0.508 e. The zero-order valence-corrected chi connectivity index (χ0v) is 72.7. The first-order valence-electron chi connectivity index (χ1n) is 43.6. The maximum atomic E-state index is 15.5. The molecule has 7 rings (SSSR count). The number of aliphatic hydroxyl groups is 2. The van der Waals surface area contributed by atoms with Crippen LogP contribution in [0.1, 0.15) is 168 Å². The Labute approximate surface area is 732 Å². The van der Waals surface area contributed by atoms with E-state index < -0.39 is 198 Å². The molecule has 16 atom stereocenters. The number of aromatic nitrogens is 3. The number of fused-ring (bicyclic) bond motifs is 3. The van der Waals surface area contributed by atoms with Crippen LogP contribution in [0.4, 0.5) is 0 Å². The molecule has 4 aromatic rings. The summed E-state index contributed by atoms with van der Waals surface area (Å²) in [6.45, 7) is 8.55. The van der Waals surface area contributed by atoms with Crippen LogP contribution in [0.3, 0.4) is 0 Å². The standard InChI is InChI=1S/C84H131N25O17/c1-7-47(5)67-79(123)103-59(37-46(3)4)71(115)96-56(23-15-33-92-83(87)88)70(114)101-61(39-50-41-94-54-20-10-9-19-53(50)54)72(116)98-58(24-16-34-93-84(89)90)82(126)108-35-17-25-65(108)77(121)99-57(22-12-14-32-86)81(125)109-36-18-26-66(109)78(122)104-63(43-110)76(120)102-62(40-51-42-91-45-95-51)74(118)107-68(48(6)8-2)80(124)105-64(44-111)75(119)97-55(21-11-13-31-85)69(113)100-60(73(117)106-67)38-49-27-29-52(112)30-28-49/h9-10,19-20,27-30,41-42,45-48,55-68,94,110-112H,7-8,11-18,21-26,31-40,43-44,85-86H2,1-6H3,(H,91,95)(H,96,115)(H,97,119)(H,98,116)(H,99,121)(H,100,113)(H,101,114)(H,102,120)(H,103,123)(H,104,122)(H,105,124)(H,106,117)(H,107,118)(H4,87,88,92)(H4,89,90,93). The third-order valence-electron chi connectivity index (χ3n) is 22.9. The third-order valence-corrected chi connectivity index (χ3v) is 22.9. The van der Waals surface area contributed by atoms with E-state index in [1.54, 1.807) is 72.0 Å². The number of nitrogens with zero attached hydrogens (tertiary/aromatic N) is 3. The molecule has 3 aliphatic rings. The van der Waals surface area contributed by atoms with Crippen molar-refractivity contribution >= 4 is 106 Å². The molecule has 0 aliphatic carbocycles. The van der Waals surface area contributed by atoms with Gasteiger partial charge in [-0.15, -0.1) is 0 Å². The molecule has 0 spiro atoms. The fourth-order valence-electron chi connectivity index (χ4n) is 15.4. The number of carbonyl (C=O) groups excluding carboxylic acids is 14. The highest BCUT2D eigenvalue weighted by Gasteiger charge is 2.45. The van der Waals surface area contributed by atoms with Gasteiger partial charge in [-0.25, -0.2) is 4.98 Å². The van der Waals surface area contributed by atoms with Crippen molar-refractivity contribution in [3.8, 4) is 5.75 Å². The molecule has 694 valence electrons. The van der Waals surface area contributed by atoms with Crippen LogP contribution < -0.4 is 97.4 Å². The van der Waals surface area contributed by atoms with Crippen LogP contribution in [-0.4, -0.2) is 272 Å². The van der Waals surface area contributed by atoms with Gasteiger partial charge in [0.25, 0.3) is 0 Å². The average Bonchev–Trinajstić information content (AvgIpc) is 1.63. The van der Waals surface area contributed by atoms with Crippen LogP contribution >= 0.6 is 0 Å². The molecule has 3 saturated heterocycles. The van der Waals surface area contributed by atoms with Gasteiger partial charge in [-0.05, 0) is 156 Å². The minimum absolute atomic E-state index is 0.00389. The van der Waals surface area contributed by atoms with Crippen molar-refractivity contribution in [2.24, 2.45) is 40.7 Å². The topological polar surface area (TPSA) is 671 Å². The number of aromatic amines is 2. The molecular formula is C84H131N25O17. The number of para-hydroxylation sites is 1. The highest BCUT2D eigenvalue weighted by atomic mass is 16.3. The van der Waals surface area contributed by atoms with Crippen molar-refractivity contribution in [3.05, 3.63) is 84.1 Å². The summed E-state index contributed by atoms with van der Waals surface area (Å²) in [6, 6.07) is -8.29. The number of aromatic hydroxyl groups is 1. The predicted octanol–water partition coefficient (Wildman–Crippen LogP) is -3.65. The zero-order chi connectivity index (χ0) is 92.3. The number of nitrogens with two attached hydrogens (primary N) is 4. The lowest BCUT2D eigenvalue weighted by Crippen LogP contribution is -2.62. The number of aliphatic hydroxyl groups excluding tert-OH is 2. The third kappa shape index (κ3) is 30.4. The Morgan fingerprint density at radius 3 is 1.33 bits per heavy atom. The van der Waals surface area contributed by atoms with Crippen LogP contribution in [0.15, 0.2) is 67.3 Å². The van der Waals surface area contributed by atoms with E-state index in [1.807, 2.05) is 0 Å². The number of phenols is 1. The first kappa shape index (κ1) is 101. The first-order chi connectivity index (χ1) is 60.2. The van der Waals surface area contributed by atoms with Crippen molar-refractivity contribution in [1.82, 2.24) is 99.2 Å². The van der Waals surface area contributed by atoms with Gasteiger partial charge in [-0.1, -0.05) is 84.7 Å².